The number of carbonyl (C=O) groups is 1. The lowest BCUT2D eigenvalue weighted by molar-refractivity contribution is -0.119. The summed E-state index contributed by atoms with van der Waals surface area (Å²) in [4.78, 5) is 13.2. The highest BCUT2D eigenvalue weighted by molar-refractivity contribution is 7.07. The smallest absolute Gasteiger partial charge is 0.185 e. The van der Waals surface area contributed by atoms with E-state index in [4.69, 9.17) is 4.42 Å². The molecule has 4 heteroatoms. The summed E-state index contributed by atoms with van der Waals surface area (Å²) in [5.74, 6) is 1.27. The average Bonchev–Trinajstić information content (AvgIpc) is 2.73. The van der Waals surface area contributed by atoms with Crippen LogP contribution in [0.2, 0.25) is 0 Å². The lowest BCUT2D eigenvalue weighted by Gasteiger charge is -2.13. The third-order valence-corrected chi connectivity index (χ3v) is 6.41. The molecule has 1 heterocycles. The van der Waals surface area contributed by atoms with Crippen molar-refractivity contribution in [2.24, 2.45) is 11.8 Å². The molecule has 0 unspecified atom stereocenters. The van der Waals surface area contributed by atoms with Crippen LogP contribution in [0, 0.1) is 16.8 Å². The molecule has 0 atom stereocenters. The van der Waals surface area contributed by atoms with Gasteiger partial charge in [-0.1, -0.05) is 76.8 Å². The molecule has 0 aliphatic carbocycles. The minimum absolute atomic E-state index is 0.289. The predicted molar refractivity (Wildman–Crippen MR) is 149 cm³/mol. The van der Waals surface area contributed by atoms with Gasteiger partial charge in [0.2, 0.25) is 0 Å². The Morgan fingerprint density at radius 3 is 2.35 bits per heavy atom. The fraction of sp³-hybridized carbons (Fsp3) is 0.400. The Kier molecular flexibility index (Phi) is 9.14. The fourth-order valence-corrected chi connectivity index (χ4v) is 5.02. The molecule has 34 heavy (non-hydrogen) atoms. The van der Waals surface area contributed by atoms with E-state index in [-0.39, 0.29) is 5.78 Å². The van der Waals surface area contributed by atoms with Crippen molar-refractivity contribution < 1.29 is 9.21 Å². The van der Waals surface area contributed by atoms with E-state index in [1.54, 1.807) is 0 Å². The van der Waals surface area contributed by atoms with Crippen LogP contribution < -0.4 is 5.46 Å². The standard InChI is InChI=1S/C30H37BO2P/c1-7-8-24-16-25(31-21(6)13-19(2)3)17-28-29(24)30(34)27(18-33-28)23-11-9-22(10-12-23)15-26(32)14-20(4)5/h9-12,16-20,34H,6-8,13-15H2,1-5H3. The summed E-state index contributed by atoms with van der Waals surface area (Å²) in [6, 6.07) is 12.6. The molecule has 0 aliphatic rings. The van der Waals surface area contributed by atoms with Gasteiger partial charge < -0.3 is 4.42 Å². The molecule has 0 N–H and O–H groups in total. The Labute approximate surface area is 207 Å². The number of fused-ring (bicyclic) bond motifs is 1. The first kappa shape index (κ1) is 26.2. The highest BCUT2D eigenvalue weighted by atomic mass is 31.0. The number of carbonyl (C=O) groups excluding carboxylic acids is 1. The van der Waals surface area contributed by atoms with Gasteiger partial charge in [-0.05, 0) is 47.4 Å². The van der Waals surface area contributed by atoms with Gasteiger partial charge in [0.25, 0.3) is 0 Å². The number of hydrogen-bond acceptors (Lipinski definition) is 2. The summed E-state index contributed by atoms with van der Waals surface area (Å²) in [5, 5.41) is 1.12. The Bertz CT molecular complexity index is 1220. The zero-order valence-corrected chi connectivity index (χ0v) is 22.3. The van der Waals surface area contributed by atoms with Gasteiger partial charge in [-0.15, -0.1) is 20.9 Å². The monoisotopic (exact) mass is 471 g/mol. The van der Waals surface area contributed by atoms with Crippen molar-refractivity contribution in [2.75, 3.05) is 0 Å². The quantitative estimate of drug-likeness (QED) is 0.211. The molecule has 0 saturated carbocycles. The average molecular weight is 471 g/mol. The van der Waals surface area contributed by atoms with E-state index >= 15 is 0 Å². The van der Waals surface area contributed by atoms with E-state index in [9.17, 15) is 4.79 Å². The zero-order valence-electron chi connectivity index (χ0n) is 21.3. The van der Waals surface area contributed by atoms with Crippen LogP contribution in [0.25, 0.3) is 22.1 Å². The van der Waals surface area contributed by atoms with E-state index in [1.165, 1.54) is 5.56 Å². The first-order valence-corrected chi connectivity index (χ1v) is 12.9. The van der Waals surface area contributed by atoms with Gasteiger partial charge in [0.05, 0.1) is 6.26 Å². The minimum Gasteiger partial charge on any atom is -0.464 e. The van der Waals surface area contributed by atoms with Gasteiger partial charge >= 0.3 is 0 Å². The maximum atomic E-state index is 12.2. The summed E-state index contributed by atoms with van der Waals surface area (Å²) in [7, 11) is 6.13. The molecule has 3 rings (SSSR count). The third kappa shape index (κ3) is 6.83. The molecule has 1 aromatic heterocycles. The second-order valence-electron chi connectivity index (χ2n) is 10.2. The highest BCUT2D eigenvalue weighted by Crippen LogP contribution is 2.30. The van der Waals surface area contributed by atoms with Crippen LogP contribution in [-0.4, -0.2) is 13.1 Å². The van der Waals surface area contributed by atoms with Gasteiger partial charge in [0.15, 0.2) is 7.28 Å². The fourth-order valence-electron chi connectivity index (χ4n) is 4.53. The number of benzene rings is 2. The SMILES string of the molecule is C=C([B]c1cc(CCC)c2c(=P)c(-c3ccc(CC(=O)CC(C)C)cc3)coc2c1)CC(C)C. The van der Waals surface area contributed by atoms with E-state index < -0.39 is 0 Å². The van der Waals surface area contributed by atoms with Crippen LogP contribution in [0.4, 0.5) is 0 Å². The normalized spacial score (nSPS) is 11.4. The van der Waals surface area contributed by atoms with E-state index in [0.717, 1.165) is 62.8 Å². The molecule has 0 amide bonds. The topological polar surface area (TPSA) is 30.2 Å². The zero-order chi connectivity index (χ0) is 24.8. The van der Waals surface area contributed by atoms with Crippen molar-refractivity contribution in [3.63, 3.8) is 0 Å². The van der Waals surface area contributed by atoms with Crippen molar-refractivity contribution in [3.05, 3.63) is 70.8 Å². The number of Topliss-reactive ketones (excluding diaryl/α,β-unsaturated/α-hetero) is 1. The van der Waals surface area contributed by atoms with E-state index in [0.29, 0.717) is 24.7 Å². The van der Waals surface area contributed by atoms with Crippen LogP contribution in [0.3, 0.4) is 0 Å². The van der Waals surface area contributed by atoms with Crippen molar-refractivity contribution in [2.45, 2.75) is 66.7 Å². The summed E-state index contributed by atoms with van der Waals surface area (Å²) in [5.41, 5.74) is 7.56. The number of aryl methyl sites for hydroxylation is 1. The van der Waals surface area contributed by atoms with Crippen LogP contribution >= 0.6 is 8.86 Å². The molecule has 2 aromatic carbocycles. The summed E-state index contributed by atoms with van der Waals surface area (Å²) in [6.07, 6.45) is 5.96. The Morgan fingerprint density at radius 1 is 1.06 bits per heavy atom. The van der Waals surface area contributed by atoms with Crippen LogP contribution in [-0.2, 0) is 17.6 Å². The molecular formula is C30H37BO2P. The van der Waals surface area contributed by atoms with Crippen LogP contribution in [0.5, 0.6) is 0 Å². The first-order valence-electron chi connectivity index (χ1n) is 12.4. The Morgan fingerprint density at radius 2 is 1.74 bits per heavy atom. The van der Waals surface area contributed by atoms with Crippen LogP contribution in [0.15, 0.2) is 59.1 Å². The summed E-state index contributed by atoms with van der Waals surface area (Å²) >= 11 is 0. The molecule has 1 radical (unpaired) electrons. The molecule has 0 aliphatic heterocycles. The number of ketones is 1. The van der Waals surface area contributed by atoms with Crippen LogP contribution in [0.1, 0.15) is 65.0 Å². The van der Waals surface area contributed by atoms with E-state index in [2.05, 4.69) is 93.7 Å². The van der Waals surface area contributed by atoms with E-state index in [1.807, 2.05) is 6.26 Å². The number of rotatable bonds is 11. The third-order valence-electron chi connectivity index (χ3n) is 5.89. The summed E-state index contributed by atoms with van der Waals surface area (Å²) in [6.45, 7) is 15.0. The maximum absolute atomic E-state index is 12.2. The van der Waals surface area contributed by atoms with Gasteiger partial charge in [-0.2, -0.15) is 0 Å². The van der Waals surface area contributed by atoms with Crippen molar-refractivity contribution in [1.29, 1.82) is 0 Å². The van der Waals surface area contributed by atoms with Gasteiger partial charge in [-0.25, -0.2) is 0 Å². The summed E-state index contributed by atoms with van der Waals surface area (Å²) < 4.78 is 6.17. The van der Waals surface area contributed by atoms with Gasteiger partial charge in [0, 0.05) is 28.7 Å². The Hall–Kier alpha value is -2.38. The lowest BCUT2D eigenvalue weighted by Crippen LogP contribution is -2.18. The molecular weight excluding hydrogens is 434 g/mol. The molecule has 0 spiro atoms. The second-order valence-corrected chi connectivity index (χ2v) is 10.7. The molecule has 0 fully saturated rings. The largest absolute Gasteiger partial charge is 0.464 e. The first-order chi connectivity index (χ1) is 16.2. The maximum Gasteiger partial charge on any atom is 0.185 e. The molecule has 3 aromatic rings. The predicted octanol–water partition coefficient (Wildman–Crippen LogP) is 7.77. The van der Waals surface area contributed by atoms with Gasteiger partial charge in [0.1, 0.15) is 11.4 Å². The minimum atomic E-state index is 0.289. The lowest BCUT2D eigenvalue weighted by atomic mass is 9.61. The van der Waals surface area contributed by atoms with Crippen molar-refractivity contribution >= 4 is 38.4 Å². The molecule has 177 valence electrons. The van der Waals surface area contributed by atoms with Crippen molar-refractivity contribution in [3.8, 4) is 11.1 Å². The molecule has 0 bridgehead atoms. The van der Waals surface area contributed by atoms with Gasteiger partial charge in [-0.3, -0.25) is 4.79 Å². The Balaban J connectivity index is 1.94. The second kappa shape index (κ2) is 11.9. The molecule has 2 nitrogen and oxygen atoms in total. The highest BCUT2D eigenvalue weighted by Gasteiger charge is 2.13. The van der Waals surface area contributed by atoms with Crippen molar-refractivity contribution in [1.82, 2.24) is 0 Å². The molecule has 0 saturated heterocycles. The number of hydrogen-bond donors (Lipinski definition) is 0. The number of allylic oxidation sites excluding steroid dienone is 1.